The predicted octanol–water partition coefficient (Wildman–Crippen LogP) is 3.47. The highest BCUT2D eigenvalue weighted by Gasteiger charge is 2.20. The lowest BCUT2D eigenvalue weighted by Crippen LogP contribution is -2.30. The van der Waals surface area contributed by atoms with Crippen LogP contribution in [0.1, 0.15) is 31.9 Å². The monoisotopic (exact) mass is 320 g/mol. The van der Waals surface area contributed by atoms with E-state index in [4.69, 9.17) is 11.6 Å². The van der Waals surface area contributed by atoms with Gasteiger partial charge in [-0.1, -0.05) is 37.6 Å². The predicted molar refractivity (Wildman–Crippen MR) is 90.5 cm³/mol. The van der Waals surface area contributed by atoms with Gasteiger partial charge in [-0.3, -0.25) is 4.79 Å². The molecule has 1 atom stereocenters. The number of aromatic nitrogens is 1. The summed E-state index contributed by atoms with van der Waals surface area (Å²) in [7, 11) is 1.72. The Morgan fingerprint density at radius 3 is 2.45 bits per heavy atom. The highest BCUT2D eigenvalue weighted by Crippen LogP contribution is 2.28. The normalized spacial score (nSPS) is 12.4. The van der Waals surface area contributed by atoms with Crippen molar-refractivity contribution < 1.29 is 5.11 Å². The fourth-order valence-electron chi connectivity index (χ4n) is 2.63. The quantitative estimate of drug-likeness (QED) is 0.887. The smallest absolute Gasteiger partial charge is 0.259 e. The van der Waals surface area contributed by atoms with Crippen molar-refractivity contribution in [3.8, 4) is 17.0 Å². The Kier molecular flexibility index (Phi) is 5.27. The van der Waals surface area contributed by atoms with Gasteiger partial charge in [0.1, 0.15) is 5.75 Å². The van der Waals surface area contributed by atoms with E-state index < -0.39 is 0 Å². The lowest BCUT2D eigenvalue weighted by atomic mass is 10.0. The standard InChI is InChI=1S/C17H21ClN2O2/c1-4-13(19-5-2)16-15(21)10-14(20(3)17(16)22)11-6-8-12(18)9-7-11/h6-10,13,19,21H,4-5H2,1-3H3. The molecular formula is C17H21ClN2O2. The van der Waals surface area contributed by atoms with Gasteiger partial charge >= 0.3 is 0 Å². The number of rotatable bonds is 5. The van der Waals surface area contributed by atoms with Gasteiger partial charge in [0.2, 0.25) is 0 Å². The summed E-state index contributed by atoms with van der Waals surface area (Å²) >= 11 is 5.90. The molecule has 0 saturated heterocycles. The topological polar surface area (TPSA) is 54.3 Å². The summed E-state index contributed by atoms with van der Waals surface area (Å²) in [6.45, 7) is 4.70. The number of aromatic hydroxyl groups is 1. The minimum absolute atomic E-state index is 0.0286. The molecule has 0 saturated carbocycles. The molecule has 0 aliphatic carbocycles. The van der Waals surface area contributed by atoms with E-state index >= 15 is 0 Å². The lowest BCUT2D eigenvalue weighted by Gasteiger charge is -2.19. The zero-order valence-corrected chi connectivity index (χ0v) is 13.8. The van der Waals surface area contributed by atoms with Crippen LogP contribution in [0.25, 0.3) is 11.3 Å². The average Bonchev–Trinajstić information content (AvgIpc) is 2.51. The van der Waals surface area contributed by atoms with Crippen LogP contribution in [0.2, 0.25) is 5.02 Å². The molecule has 0 spiro atoms. The Balaban J connectivity index is 2.58. The highest BCUT2D eigenvalue weighted by molar-refractivity contribution is 6.30. The van der Waals surface area contributed by atoms with Crippen LogP contribution in [0.4, 0.5) is 0 Å². The first-order valence-corrected chi connectivity index (χ1v) is 7.79. The Morgan fingerprint density at radius 1 is 1.27 bits per heavy atom. The number of nitrogens with one attached hydrogen (secondary N) is 1. The molecule has 0 radical (unpaired) electrons. The van der Waals surface area contributed by atoms with E-state index in [1.807, 2.05) is 26.0 Å². The maximum Gasteiger partial charge on any atom is 0.259 e. The van der Waals surface area contributed by atoms with Gasteiger partial charge in [-0.15, -0.1) is 0 Å². The molecule has 0 bridgehead atoms. The molecule has 1 heterocycles. The van der Waals surface area contributed by atoms with Crippen LogP contribution in [-0.4, -0.2) is 16.2 Å². The van der Waals surface area contributed by atoms with E-state index in [9.17, 15) is 9.90 Å². The van der Waals surface area contributed by atoms with Gasteiger partial charge in [-0.2, -0.15) is 0 Å². The lowest BCUT2D eigenvalue weighted by molar-refractivity contribution is 0.438. The number of pyridine rings is 1. The molecule has 1 aromatic carbocycles. The summed E-state index contributed by atoms with van der Waals surface area (Å²) in [6.07, 6.45) is 0.733. The molecule has 2 N–H and O–H groups in total. The van der Waals surface area contributed by atoms with E-state index in [1.54, 1.807) is 29.8 Å². The van der Waals surface area contributed by atoms with Gasteiger partial charge in [0.15, 0.2) is 0 Å². The van der Waals surface area contributed by atoms with Crippen molar-refractivity contribution in [2.75, 3.05) is 6.54 Å². The van der Waals surface area contributed by atoms with Crippen LogP contribution < -0.4 is 10.9 Å². The van der Waals surface area contributed by atoms with E-state index in [-0.39, 0.29) is 17.4 Å². The Labute approximate surface area is 135 Å². The Morgan fingerprint density at radius 2 is 1.91 bits per heavy atom. The third kappa shape index (κ3) is 3.18. The maximum atomic E-state index is 12.7. The van der Waals surface area contributed by atoms with Crippen molar-refractivity contribution in [1.29, 1.82) is 0 Å². The molecule has 118 valence electrons. The van der Waals surface area contributed by atoms with Crippen molar-refractivity contribution >= 4 is 11.6 Å². The number of benzene rings is 1. The SMILES string of the molecule is CCNC(CC)c1c(O)cc(-c2ccc(Cl)cc2)n(C)c1=O. The van der Waals surface area contributed by atoms with Gasteiger partial charge in [0.25, 0.3) is 5.56 Å². The van der Waals surface area contributed by atoms with Gasteiger partial charge in [-0.25, -0.2) is 0 Å². The summed E-state index contributed by atoms with van der Waals surface area (Å²) in [5.74, 6) is 0.0286. The van der Waals surface area contributed by atoms with Crippen LogP contribution in [-0.2, 0) is 7.05 Å². The van der Waals surface area contributed by atoms with Crippen LogP contribution in [0.5, 0.6) is 5.75 Å². The summed E-state index contributed by atoms with van der Waals surface area (Å²) in [5, 5.41) is 14.2. The number of hydrogen-bond donors (Lipinski definition) is 2. The van der Waals surface area contributed by atoms with Crippen LogP contribution >= 0.6 is 11.6 Å². The van der Waals surface area contributed by atoms with E-state index in [0.29, 0.717) is 16.3 Å². The molecule has 1 unspecified atom stereocenters. The van der Waals surface area contributed by atoms with Crippen molar-refractivity contribution in [2.24, 2.45) is 7.05 Å². The van der Waals surface area contributed by atoms with E-state index in [0.717, 1.165) is 18.5 Å². The zero-order valence-electron chi connectivity index (χ0n) is 13.1. The molecule has 5 heteroatoms. The number of hydrogen-bond acceptors (Lipinski definition) is 3. The molecule has 0 aliphatic rings. The number of halogens is 1. The molecule has 2 aromatic rings. The molecule has 4 nitrogen and oxygen atoms in total. The molecule has 0 fully saturated rings. The largest absolute Gasteiger partial charge is 0.507 e. The minimum atomic E-state index is -0.183. The van der Waals surface area contributed by atoms with Crippen LogP contribution in [0, 0.1) is 0 Å². The molecule has 0 aliphatic heterocycles. The zero-order chi connectivity index (χ0) is 16.3. The van der Waals surface area contributed by atoms with Crippen molar-refractivity contribution in [2.45, 2.75) is 26.3 Å². The van der Waals surface area contributed by atoms with Crippen molar-refractivity contribution in [1.82, 2.24) is 9.88 Å². The molecular weight excluding hydrogens is 300 g/mol. The summed E-state index contributed by atoms with van der Waals surface area (Å²) in [4.78, 5) is 12.7. The first-order valence-electron chi connectivity index (χ1n) is 7.41. The molecule has 2 rings (SSSR count). The molecule has 0 amide bonds. The summed E-state index contributed by atoms with van der Waals surface area (Å²) in [5.41, 5.74) is 1.74. The molecule has 22 heavy (non-hydrogen) atoms. The maximum absolute atomic E-state index is 12.7. The highest BCUT2D eigenvalue weighted by atomic mass is 35.5. The average molecular weight is 321 g/mol. The fourth-order valence-corrected chi connectivity index (χ4v) is 2.75. The van der Waals surface area contributed by atoms with Gasteiger partial charge in [-0.05, 0) is 30.7 Å². The van der Waals surface area contributed by atoms with E-state index in [2.05, 4.69) is 5.32 Å². The second-order valence-electron chi connectivity index (χ2n) is 5.22. The fraction of sp³-hybridized carbons (Fsp3) is 0.353. The van der Waals surface area contributed by atoms with Crippen molar-refractivity contribution in [3.05, 3.63) is 51.3 Å². The summed E-state index contributed by atoms with van der Waals surface area (Å²) in [6, 6.07) is 8.68. The minimum Gasteiger partial charge on any atom is -0.507 e. The Hall–Kier alpha value is -1.78. The third-order valence-electron chi connectivity index (χ3n) is 3.79. The second kappa shape index (κ2) is 6.99. The third-order valence-corrected chi connectivity index (χ3v) is 4.04. The molecule has 1 aromatic heterocycles. The van der Waals surface area contributed by atoms with E-state index in [1.165, 1.54) is 0 Å². The first-order chi connectivity index (χ1) is 10.5. The van der Waals surface area contributed by atoms with Crippen molar-refractivity contribution in [3.63, 3.8) is 0 Å². The van der Waals surface area contributed by atoms with Crippen LogP contribution in [0.15, 0.2) is 35.1 Å². The van der Waals surface area contributed by atoms with Crippen LogP contribution in [0.3, 0.4) is 0 Å². The Bertz CT molecular complexity index is 708. The summed E-state index contributed by atoms with van der Waals surface area (Å²) < 4.78 is 1.57. The number of nitrogens with zero attached hydrogens (tertiary/aromatic N) is 1. The van der Waals surface area contributed by atoms with Gasteiger partial charge < -0.3 is 15.0 Å². The van der Waals surface area contributed by atoms with Gasteiger partial charge in [0.05, 0.1) is 11.3 Å². The first kappa shape index (κ1) is 16.6. The van der Waals surface area contributed by atoms with Gasteiger partial charge in [0, 0.05) is 24.2 Å². The second-order valence-corrected chi connectivity index (χ2v) is 5.65.